The Bertz CT molecular complexity index is 1200. The van der Waals surface area contributed by atoms with E-state index >= 15 is 0 Å². The standard InChI is InChI=1S/C30H25NO/c1-4-10-25(11-5-1)23-32-28-18-16-24(17-19-28)20-31-21-29(26-12-6-2-7-13-26)30(22-31)27-14-8-3-9-15-27/h1-19,21-22H,20,23H2. The zero-order chi connectivity index (χ0) is 21.6. The van der Waals surface area contributed by atoms with E-state index in [4.69, 9.17) is 4.74 Å². The van der Waals surface area contributed by atoms with Crippen molar-refractivity contribution in [1.82, 2.24) is 4.57 Å². The molecule has 0 spiro atoms. The van der Waals surface area contributed by atoms with Crippen molar-refractivity contribution >= 4 is 0 Å². The van der Waals surface area contributed by atoms with Crippen LogP contribution in [-0.2, 0) is 13.2 Å². The summed E-state index contributed by atoms with van der Waals surface area (Å²) in [7, 11) is 0. The van der Waals surface area contributed by atoms with Gasteiger partial charge in [-0.05, 0) is 34.4 Å². The summed E-state index contributed by atoms with van der Waals surface area (Å²) in [6, 6.07) is 39.8. The Labute approximate surface area is 189 Å². The number of rotatable bonds is 7. The Balaban J connectivity index is 1.35. The molecule has 0 aliphatic carbocycles. The van der Waals surface area contributed by atoms with Gasteiger partial charge in [0.2, 0.25) is 0 Å². The van der Waals surface area contributed by atoms with Crippen molar-refractivity contribution in [2.45, 2.75) is 13.2 Å². The first-order valence-electron chi connectivity index (χ1n) is 10.9. The maximum atomic E-state index is 5.93. The number of aromatic nitrogens is 1. The summed E-state index contributed by atoms with van der Waals surface area (Å²) in [6.07, 6.45) is 4.50. The highest BCUT2D eigenvalue weighted by atomic mass is 16.5. The zero-order valence-electron chi connectivity index (χ0n) is 17.9. The molecule has 0 fully saturated rings. The molecule has 0 N–H and O–H groups in total. The predicted octanol–water partition coefficient (Wildman–Crippen LogP) is 7.45. The van der Waals surface area contributed by atoms with Gasteiger partial charge in [0, 0.05) is 30.1 Å². The van der Waals surface area contributed by atoms with E-state index in [0.29, 0.717) is 6.61 Å². The molecule has 0 aliphatic rings. The average Bonchev–Trinajstić information content (AvgIpc) is 3.29. The highest BCUT2D eigenvalue weighted by Gasteiger charge is 2.11. The minimum Gasteiger partial charge on any atom is -0.489 e. The molecule has 1 aromatic heterocycles. The normalized spacial score (nSPS) is 10.8. The van der Waals surface area contributed by atoms with Gasteiger partial charge in [0.1, 0.15) is 12.4 Å². The second kappa shape index (κ2) is 9.40. The van der Waals surface area contributed by atoms with Gasteiger partial charge in [-0.15, -0.1) is 0 Å². The Morgan fingerprint density at radius 1 is 0.500 bits per heavy atom. The largest absolute Gasteiger partial charge is 0.489 e. The molecule has 0 amide bonds. The molecule has 1 heterocycles. The van der Waals surface area contributed by atoms with Gasteiger partial charge >= 0.3 is 0 Å². The molecule has 0 aliphatic heterocycles. The van der Waals surface area contributed by atoms with Gasteiger partial charge in [-0.3, -0.25) is 0 Å². The van der Waals surface area contributed by atoms with Crippen molar-refractivity contribution in [3.8, 4) is 28.0 Å². The van der Waals surface area contributed by atoms with E-state index in [1.54, 1.807) is 0 Å². The van der Waals surface area contributed by atoms with E-state index in [2.05, 4.69) is 114 Å². The fourth-order valence-electron chi connectivity index (χ4n) is 3.94. The molecular formula is C30H25NO. The average molecular weight is 416 g/mol. The van der Waals surface area contributed by atoms with Crippen LogP contribution in [0.25, 0.3) is 22.3 Å². The first-order valence-corrected chi connectivity index (χ1v) is 10.9. The lowest BCUT2D eigenvalue weighted by molar-refractivity contribution is 0.306. The number of benzene rings is 4. The molecule has 32 heavy (non-hydrogen) atoms. The monoisotopic (exact) mass is 415 g/mol. The number of ether oxygens (including phenoxy) is 1. The molecule has 2 nitrogen and oxygen atoms in total. The van der Waals surface area contributed by atoms with Crippen molar-refractivity contribution in [1.29, 1.82) is 0 Å². The van der Waals surface area contributed by atoms with Crippen molar-refractivity contribution in [3.63, 3.8) is 0 Å². The number of hydrogen-bond donors (Lipinski definition) is 0. The van der Waals surface area contributed by atoms with E-state index in [1.807, 2.05) is 18.2 Å². The van der Waals surface area contributed by atoms with Gasteiger partial charge in [0.15, 0.2) is 0 Å². The van der Waals surface area contributed by atoms with Crippen molar-refractivity contribution in [2.75, 3.05) is 0 Å². The number of hydrogen-bond acceptors (Lipinski definition) is 1. The van der Waals surface area contributed by atoms with Gasteiger partial charge < -0.3 is 9.30 Å². The summed E-state index contributed by atoms with van der Waals surface area (Å²) in [5.74, 6) is 0.889. The van der Waals surface area contributed by atoms with Crippen LogP contribution in [0.4, 0.5) is 0 Å². The Morgan fingerprint density at radius 3 is 1.53 bits per heavy atom. The first kappa shape index (κ1) is 19.9. The topological polar surface area (TPSA) is 14.2 Å². The van der Waals surface area contributed by atoms with Gasteiger partial charge in [-0.2, -0.15) is 0 Å². The molecule has 0 radical (unpaired) electrons. The maximum Gasteiger partial charge on any atom is 0.119 e. The fourth-order valence-corrected chi connectivity index (χ4v) is 3.94. The van der Waals surface area contributed by atoms with E-state index < -0.39 is 0 Å². The molecular weight excluding hydrogens is 390 g/mol. The van der Waals surface area contributed by atoms with Crippen LogP contribution in [0.5, 0.6) is 5.75 Å². The van der Waals surface area contributed by atoms with Gasteiger partial charge in [0.05, 0.1) is 0 Å². The Hall–Kier alpha value is -4.04. The third-order valence-corrected chi connectivity index (χ3v) is 5.59. The summed E-state index contributed by atoms with van der Waals surface area (Å²) in [5.41, 5.74) is 7.38. The third kappa shape index (κ3) is 4.65. The second-order valence-corrected chi connectivity index (χ2v) is 7.91. The van der Waals surface area contributed by atoms with Crippen molar-refractivity contribution in [2.24, 2.45) is 0 Å². The predicted molar refractivity (Wildman–Crippen MR) is 132 cm³/mol. The molecule has 0 atom stereocenters. The minimum absolute atomic E-state index is 0.582. The summed E-state index contributed by atoms with van der Waals surface area (Å²) >= 11 is 0. The van der Waals surface area contributed by atoms with Gasteiger partial charge in [-0.25, -0.2) is 0 Å². The minimum atomic E-state index is 0.582. The van der Waals surface area contributed by atoms with E-state index in [9.17, 15) is 0 Å². The Kier molecular flexibility index (Phi) is 5.85. The molecule has 0 bridgehead atoms. The van der Waals surface area contributed by atoms with Gasteiger partial charge in [-0.1, -0.05) is 103 Å². The SMILES string of the molecule is c1ccc(COc2ccc(Cn3cc(-c4ccccc4)c(-c4ccccc4)c3)cc2)cc1. The molecule has 0 saturated carbocycles. The van der Waals surface area contributed by atoms with Crippen LogP contribution in [0, 0.1) is 0 Å². The van der Waals surface area contributed by atoms with Crippen molar-refractivity contribution in [3.05, 3.63) is 139 Å². The van der Waals surface area contributed by atoms with Crippen LogP contribution >= 0.6 is 0 Å². The highest BCUT2D eigenvalue weighted by molar-refractivity contribution is 5.83. The van der Waals surface area contributed by atoms with Crippen LogP contribution in [0.3, 0.4) is 0 Å². The molecule has 4 aromatic carbocycles. The van der Waals surface area contributed by atoms with Crippen LogP contribution in [0.2, 0.25) is 0 Å². The van der Waals surface area contributed by atoms with Gasteiger partial charge in [0.25, 0.3) is 0 Å². The second-order valence-electron chi connectivity index (χ2n) is 7.91. The molecule has 0 saturated heterocycles. The van der Waals surface area contributed by atoms with E-state index in [0.717, 1.165) is 12.3 Å². The van der Waals surface area contributed by atoms with E-state index in [-0.39, 0.29) is 0 Å². The van der Waals surface area contributed by atoms with Crippen LogP contribution in [-0.4, -0.2) is 4.57 Å². The summed E-state index contributed by atoms with van der Waals surface area (Å²) in [5, 5.41) is 0. The lowest BCUT2D eigenvalue weighted by Gasteiger charge is -2.08. The fraction of sp³-hybridized carbons (Fsp3) is 0.0667. The third-order valence-electron chi connectivity index (χ3n) is 5.59. The van der Waals surface area contributed by atoms with Crippen LogP contribution in [0.1, 0.15) is 11.1 Å². The lowest BCUT2D eigenvalue weighted by Crippen LogP contribution is -1.98. The highest BCUT2D eigenvalue weighted by Crippen LogP contribution is 2.33. The molecule has 2 heteroatoms. The smallest absolute Gasteiger partial charge is 0.119 e. The first-order chi connectivity index (χ1) is 15.8. The summed E-state index contributed by atoms with van der Waals surface area (Å²) in [6.45, 7) is 1.39. The number of nitrogens with zero attached hydrogens (tertiary/aromatic N) is 1. The Morgan fingerprint density at radius 2 is 1.00 bits per heavy atom. The van der Waals surface area contributed by atoms with Crippen LogP contribution < -0.4 is 4.74 Å². The quantitative estimate of drug-likeness (QED) is 0.269. The molecule has 0 unspecified atom stereocenters. The molecule has 5 rings (SSSR count). The summed E-state index contributed by atoms with van der Waals surface area (Å²) in [4.78, 5) is 0. The molecule has 156 valence electrons. The van der Waals surface area contributed by atoms with E-state index in [1.165, 1.54) is 33.4 Å². The lowest BCUT2D eigenvalue weighted by atomic mass is 9.99. The van der Waals surface area contributed by atoms with Crippen molar-refractivity contribution < 1.29 is 4.74 Å². The molecule has 5 aromatic rings. The summed E-state index contributed by atoms with van der Waals surface area (Å²) < 4.78 is 8.20. The van der Waals surface area contributed by atoms with Crippen LogP contribution in [0.15, 0.2) is 128 Å². The maximum absolute atomic E-state index is 5.93. The zero-order valence-corrected chi connectivity index (χ0v) is 17.9.